The molecule has 0 aliphatic carbocycles. The number of aromatic nitrogens is 4. The lowest BCUT2D eigenvalue weighted by molar-refractivity contribution is 0.105. The van der Waals surface area contributed by atoms with Gasteiger partial charge < -0.3 is 8.85 Å². The van der Waals surface area contributed by atoms with Crippen molar-refractivity contribution in [2.24, 2.45) is 5.92 Å². The topological polar surface area (TPSA) is 62.1 Å². The molecule has 0 radical (unpaired) electrons. The molecule has 192 valence electrons. The first-order chi connectivity index (χ1) is 15.6. The largest absolute Gasteiger partial charge is 0.417 e. The number of rotatable bonds is 11. The van der Waals surface area contributed by atoms with Crippen LogP contribution in [0.1, 0.15) is 54.9 Å². The molecule has 0 aliphatic rings. The first-order valence-corrected chi connectivity index (χ1v) is 19.1. The Morgan fingerprint density at radius 3 is 2.09 bits per heavy atom. The van der Waals surface area contributed by atoms with Crippen molar-refractivity contribution in [1.29, 1.82) is 0 Å². The molecular weight excluding hydrogens is 477 g/mol. The van der Waals surface area contributed by atoms with Gasteiger partial charge in [-0.15, -0.1) is 5.10 Å². The third-order valence-electron chi connectivity index (χ3n) is 7.48. The maximum atomic E-state index is 6.95. The van der Waals surface area contributed by atoms with Crippen LogP contribution in [0.5, 0.6) is 0 Å². The molecule has 0 aliphatic heterocycles. The molecule has 0 saturated carbocycles. The summed E-state index contributed by atoms with van der Waals surface area (Å²) in [6.07, 6.45) is 1.05. The minimum atomic E-state index is -1.92. The summed E-state index contributed by atoms with van der Waals surface area (Å²) in [7, 11) is -3.71. The van der Waals surface area contributed by atoms with Crippen molar-refractivity contribution >= 4 is 28.4 Å². The van der Waals surface area contributed by atoms with E-state index in [-0.39, 0.29) is 16.2 Å². The quantitative estimate of drug-likeness (QED) is 0.230. The second-order valence-electron chi connectivity index (χ2n) is 12.3. The van der Waals surface area contributed by atoms with E-state index in [1.165, 1.54) is 0 Å². The van der Waals surface area contributed by atoms with Crippen LogP contribution in [0.4, 0.5) is 0 Å². The molecule has 0 amide bonds. The Labute approximate surface area is 213 Å². The molecule has 0 bridgehead atoms. The molecular formula is C25H46N4O2SSi2. The highest BCUT2D eigenvalue weighted by Crippen LogP contribution is 2.40. The summed E-state index contributed by atoms with van der Waals surface area (Å²) < 4.78 is 15.3. The van der Waals surface area contributed by atoms with Crippen LogP contribution in [0.15, 0.2) is 35.5 Å². The van der Waals surface area contributed by atoms with Crippen LogP contribution in [0, 0.1) is 5.92 Å². The third kappa shape index (κ3) is 7.75. The van der Waals surface area contributed by atoms with Gasteiger partial charge in [-0.2, -0.15) is 4.68 Å². The molecule has 0 unspecified atom stereocenters. The van der Waals surface area contributed by atoms with Gasteiger partial charge in [-0.3, -0.25) is 0 Å². The molecule has 9 heteroatoms. The lowest BCUT2D eigenvalue weighted by atomic mass is 10.1. The van der Waals surface area contributed by atoms with E-state index in [9.17, 15) is 0 Å². The van der Waals surface area contributed by atoms with Crippen molar-refractivity contribution in [2.75, 3.05) is 12.4 Å². The predicted octanol–water partition coefficient (Wildman–Crippen LogP) is 7.19. The van der Waals surface area contributed by atoms with Crippen molar-refractivity contribution in [1.82, 2.24) is 20.2 Å². The summed E-state index contributed by atoms with van der Waals surface area (Å²) in [5.74, 6) is 1.22. The van der Waals surface area contributed by atoms with E-state index in [4.69, 9.17) is 8.85 Å². The number of para-hydroxylation sites is 1. The summed E-state index contributed by atoms with van der Waals surface area (Å²) in [6.45, 7) is 26.1. The summed E-state index contributed by atoms with van der Waals surface area (Å²) in [6, 6.07) is 10.0. The van der Waals surface area contributed by atoms with E-state index in [0.717, 1.165) is 29.6 Å². The molecule has 0 fully saturated rings. The highest BCUT2D eigenvalue weighted by Gasteiger charge is 2.41. The molecule has 1 aromatic carbocycles. The Hall–Kier alpha value is -1.01. The second kappa shape index (κ2) is 11.4. The van der Waals surface area contributed by atoms with Gasteiger partial charge in [0, 0.05) is 12.4 Å². The molecule has 0 N–H and O–H groups in total. The molecule has 2 rings (SSSR count). The number of hydrogen-bond acceptors (Lipinski definition) is 6. The predicted molar refractivity (Wildman–Crippen MR) is 149 cm³/mol. The van der Waals surface area contributed by atoms with Gasteiger partial charge in [0.05, 0.1) is 11.8 Å². The average molecular weight is 523 g/mol. The van der Waals surface area contributed by atoms with Crippen molar-refractivity contribution < 1.29 is 8.85 Å². The number of benzene rings is 1. The van der Waals surface area contributed by atoms with Gasteiger partial charge in [-0.1, -0.05) is 78.4 Å². The van der Waals surface area contributed by atoms with E-state index in [1.807, 2.05) is 35.0 Å². The van der Waals surface area contributed by atoms with E-state index in [1.54, 1.807) is 11.8 Å². The third-order valence-corrected chi connectivity index (χ3v) is 17.7. The number of hydrogen-bond donors (Lipinski definition) is 0. The van der Waals surface area contributed by atoms with E-state index < -0.39 is 16.6 Å². The SMILES string of the molecule is C[C@H](CSc1nnnn1-c1ccccc1)[C@H](CCO[Si](C)(C)C(C)(C)C)O[Si](C)(C)C(C)(C)C. The van der Waals surface area contributed by atoms with Gasteiger partial charge in [-0.25, -0.2) is 0 Å². The first-order valence-electron chi connectivity index (χ1n) is 12.3. The van der Waals surface area contributed by atoms with Gasteiger partial charge in [-0.05, 0) is 71.2 Å². The van der Waals surface area contributed by atoms with Gasteiger partial charge in [0.25, 0.3) is 0 Å². The lowest BCUT2D eigenvalue weighted by Gasteiger charge is -2.41. The zero-order chi connectivity index (χ0) is 25.8. The fourth-order valence-corrected chi connectivity index (χ4v) is 6.48. The van der Waals surface area contributed by atoms with Crippen LogP contribution in [-0.2, 0) is 8.85 Å². The number of thioether (sulfide) groups is 1. The standard InChI is InChI=1S/C25H46N4O2SSi2/c1-20(19-32-23-26-27-28-29(23)21-15-13-12-14-16-21)22(31-34(10,11)25(5,6)7)17-18-30-33(8,9)24(2,3)4/h12-16,20,22H,17-19H2,1-11H3/t20-,22+/m1/s1. The van der Waals surface area contributed by atoms with Crippen molar-refractivity contribution in [3.8, 4) is 5.69 Å². The maximum absolute atomic E-state index is 6.95. The van der Waals surface area contributed by atoms with Gasteiger partial charge in [0.15, 0.2) is 16.6 Å². The minimum absolute atomic E-state index is 0.138. The molecule has 0 saturated heterocycles. The molecule has 34 heavy (non-hydrogen) atoms. The molecule has 1 heterocycles. The van der Waals surface area contributed by atoms with Gasteiger partial charge in [0.1, 0.15) is 0 Å². The lowest BCUT2D eigenvalue weighted by Crippen LogP contribution is -2.47. The fourth-order valence-electron chi connectivity index (χ4n) is 2.98. The van der Waals surface area contributed by atoms with Crippen LogP contribution in [0.3, 0.4) is 0 Å². The van der Waals surface area contributed by atoms with Crippen molar-refractivity contribution in [3.05, 3.63) is 30.3 Å². The molecule has 2 atom stereocenters. The van der Waals surface area contributed by atoms with Crippen LogP contribution < -0.4 is 0 Å². The van der Waals surface area contributed by atoms with E-state index in [0.29, 0.717) is 5.92 Å². The second-order valence-corrected chi connectivity index (χ2v) is 22.9. The Morgan fingerprint density at radius 1 is 0.941 bits per heavy atom. The van der Waals surface area contributed by atoms with Crippen molar-refractivity contribution in [2.45, 2.75) is 102 Å². The van der Waals surface area contributed by atoms with Gasteiger partial charge in [0.2, 0.25) is 5.16 Å². The monoisotopic (exact) mass is 522 g/mol. The number of nitrogens with zero attached hydrogens (tertiary/aromatic N) is 4. The first kappa shape index (κ1) is 29.2. The molecule has 2 aromatic rings. The fraction of sp³-hybridized carbons (Fsp3) is 0.720. The highest BCUT2D eigenvalue weighted by atomic mass is 32.2. The summed E-state index contributed by atoms with van der Waals surface area (Å²) in [5.41, 5.74) is 0.972. The van der Waals surface area contributed by atoms with Crippen LogP contribution >= 0.6 is 11.8 Å². The Balaban J connectivity index is 2.11. The Morgan fingerprint density at radius 2 is 1.53 bits per heavy atom. The Bertz CT molecular complexity index is 892. The van der Waals surface area contributed by atoms with Crippen LogP contribution in [-0.4, -0.2) is 55.3 Å². The summed E-state index contributed by atoms with van der Waals surface area (Å²) in [4.78, 5) is 0. The van der Waals surface area contributed by atoms with Gasteiger partial charge >= 0.3 is 0 Å². The van der Waals surface area contributed by atoms with Crippen LogP contribution in [0.25, 0.3) is 5.69 Å². The zero-order valence-corrected chi connectivity index (χ0v) is 26.0. The number of tetrazole rings is 1. The molecule has 6 nitrogen and oxygen atoms in total. The smallest absolute Gasteiger partial charge is 0.214 e. The zero-order valence-electron chi connectivity index (χ0n) is 23.2. The van der Waals surface area contributed by atoms with Crippen molar-refractivity contribution in [3.63, 3.8) is 0 Å². The molecule has 1 aromatic heterocycles. The molecule has 0 spiro atoms. The van der Waals surface area contributed by atoms with Crippen LogP contribution in [0.2, 0.25) is 36.3 Å². The average Bonchev–Trinajstić information content (AvgIpc) is 3.18. The van der Waals surface area contributed by atoms with E-state index in [2.05, 4.69) is 90.2 Å². The highest BCUT2D eigenvalue weighted by molar-refractivity contribution is 7.99. The Kier molecular flexibility index (Phi) is 9.77. The summed E-state index contributed by atoms with van der Waals surface area (Å²) >= 11 is 1.69. The normalized spacial score (nSPS) is 15.4. The van der Waals surface area contributed by atoms with E-state index >= 15 is 0 Å². The maximum Gasteiger partial charge on any atom is 0.214 e. The summed E-state index contributed by atoms with van der Waals surface area (Å²) in [5, 5.41) is 13.6. The minimum Gasteiger partial charge on any atom is -0.417 e.